The van der Waals surface area contributed by atoms with Crippen molar-refractivity contribution in [3.63, 3.8) is 0 Å². The number of piperazine rings is 1. The Morgan fingerprint density at radius 2 is 1.63 bits per heavy atom. The van der Waals surface area contributed by atoms with E-state index in [-0.39, 0.29) is 0 Å². The lowest BCUT2D eigenvalue weighted by atomic mass is 10.0. The van der Waals surface area contributed by atoms with Crippen LogP contribution in [0.1, 0.15) is 36.2 Å². The van der Waals surface area contributed by atoms with E-state index in [4.69, 9.17) is 19.4 Å². The summed E-state index contributed by atoms with van der Waals surface area (Å²) in [6.45, 7) is 11.8. The molecule has 0 unspecified atom stereocenters. The van der Waals surface area contributed by atoms with E-state index in [1.54, 1.807) is 7.11 Å². The maximum Gasteiger partial charge on any atom is 0.161 e. The molecule has 1 aliphatic rings. The topological polar surface area (TPSA) is 71.0 Å². The molecule has 204 valence electrons. The average molecular weight is 519 g/mol. The summed E-state index contributed by atoms with van der Waals surface area (Å²) in [6.07, 6.45) is 0.268. The van der Waals surface area contributed by atoms with E-state index in [2.05, 4.69) is 67.0 Å². The molecule has 1 aliphatic heterocycles. The van der Waals surface area contributed by atoms with E-state index in [9.17, 15) is 5.11 Å². The van der Waals surface area contributed by atoms with Crippen LogP contribution in [0.3, 0.4) is 0 Å². The quantitative estimate of drug-likeness (QED) is 0.382. The summed E-state index contributed by atoms with van der Waals surface area (Å²) in [6, 6.07) is 18.8. The molecule has 0 radical (unpaired) electrons. The van der Waals surface area contributed by atoms with Gasteiger partial charge in [-0.25, -0.2) is 9.97 Å². The number of rotatable bonds is 12. The molecule has 2 aromatic carbocycles. The van der Waals surface area contributed by atoms with Crippen LogP contribution >= 0.6 is 0 Å². The minimum atomic E-state index is -0.477. The molecule has 7 heteroatoms. The summed E-state index contributed by atoms with van der Waals surface area (Å²) in [5.74, 6) is 2.17. The van der Waals surface area contributed by atoms with Crippen LogP contribution in [-0.2, 0) is 22.5 Å². The lowest BCUT2D eigenvalue weighted by Crippen LogP contribution is -2.49. The molecule has 1 aromatic heterocycles. The number of benzene rings is 2. The minimum absolute atomic E-state index is 0.381. The third-order valence-corrected chi connectivity index (χ3v) is 6.79. The summed E-state index contributed by atoms with van der Waals surface area (Å²) in [4.78, 5) is 14.8. The highest BCUT2D eigenvalue weighted by atomic mass is 16.5. The smallest absolute Gasteiger partial charge is 0.161 e. The molecular formula is C31H42N4O3. The zero-order chi connectivity index (χ0) is 26.9. The van der Waals surface area contributed by atoms with Gasteiger partial charge >= 0.3 is 0 Å². The van der Waals surface area contributed by atoms with Gasteiger partial charge in [0.05, 0.1) is 25.0 Å². The van der Waals surface area contributed by atoms with Crippen molar-refractivity contribution >= 4 is 5.82 Å². The zero-order valence-corrected chi connectivity index (χ0v) is 23.3. The van der Waals surface area contributed by atoms with Gasteiger partial charge < -0.3 is 19.5 Å². The van der Waals surface area contributed by atoms with E-state index in [1.807, 2.05) is 18.2 Å². The number of nitrogens with zero attached hydrogens (tertiary/aromatic N) is 4. The van der Waals surface area contributed by atoms with Gasteiger partial charge in [-0.15, -0.1) is 0 Å². The van der Waals surface area contributed by atoms with E-state index in [0.29, 0.717) is 32.3 Å². The van der Waals surface area contributed by atoms with Gasteiger partial charge in [-0.3, -0.25) is 4.90 Å². The first-order valence-corrected chi connectivity index (χ1v) is 13.7. The molecule has 3 aromatic rings. The number of hydrogen-bond donors (Lipinski definition) is 1. The number of aryl methyl sites for hydroxylation is 1. The normalized spacial score (nSPS) is 15.3. The molecule has 2 heterocycles. The molecule has 0 spiro atoms. The van der Waals surface area contributed by atoms with E-state index >= 15 is 0 Å². The Morgan fingerprint density at radius 1 is 0.921 bits per heavy atom. The Morgan fingerprint density at radius 3 is 2.29 bits per heavy atom. The third kappa shape index (κ3) is 7.84. The first-order chi connectivity index (χ1) is 18.4. The van der Waals surface area contributed by atoms with Crippen molar-refractivity contribution in [2.45, 2.75) is 39.9 Å². The monoisotopic (exact) mass is 518 g/mol. The van der Waals surface area contributed by atoms with Crippen molar-refractivity contribution in [2.75, 3.05) is 57.9 Å². The van der Waals surface area contributed by atoms with E-state index in [0.717, 1.165) is 61.1 Å². The molecular weight excluding hydrogens is 476 g/mol. The molecule has 38 heavy (non-hydrogen) atoms. The number of ether oxygens (including phenoxy) is 2. The van der Waals surface area contributed by atoms with Crippen molar-refractivity contribution in [3.05, 3.63) is 77.0 Å². The number of aliphatic hydroxyl groups excluding tert-OH is 1. The van der Waals surface area contributed by atoms with Crippen LogP contribution in [0.4, 0.5) is 5.82 Å². The van der Waals surface area contributed by atoms with Crippen LogP contribution in [0.2, 0.25) is 0 Å². The van der Waals surface area contributed by atoms with Crippen LogP contribution in [-0.4, -0.2) is 79.1 Å². The van der Waals surface area contributed by atoms with Gasteiger partial charge in [0.25, 0.3) is 0 Å². The largest absolute Gasteiger partial charge is 0.389 e. The zero-order valence-electron chi connectivity index (χ0n) is 23.3. The van der Waals surface area contributed by atoms with Crippen molar-refractivity contribution in [1.29, 1.82) is 0 Å². The highest BCUT2D eigenvalue weighted by molar-refractivity contribution is 5.61. The standard InChI is InChI=1S/C31H42N4O3/c1-23(2)20-38-21-27(36)19-34-14-16-35(17-15-34)31-28(18-25-12-10-24(3)11-13-25)29(22-37-4)32-30(33-31)26-8-6-5-7-9-26/h5-13,23,27,36H,14-22H2,1-4H3/t27-/m0/s1. The van der Waals surface area contributed by atoms with Crippen LogP contribution in [0.15, 0.2) is 54.6 Å². The number of methoxy groups -OCH3 is 1. The number of aromatic nitrogens is 2. The summed E-state index contributed by atoms with van der Waals surface area (Å²) in [5.41, 5.74) is 5.52. The summed E-state index contributed by atoms with van der Waals surface area (Å²) in [5, 5.41) is 10.5. The fourth-order valence-corrected chi connectivity index (χ4v) is 4.78. The molecule has 7 nitrogen and oxygen atoms in total. The van der Waals surface area contributed by atoms with Gasteiger partial charge in [0.2, 0.25) is 0 Å². The Kier molecular flexibility index (Phi) is 10.2. The minimum Gasteiger partial charge on any atom is -0.389 e. The summed E-state index contributed by atoms with van der Waals surface area (Å²) >= 11 is 0. The molecule has 0 aliphatic carbocycles. The maximum atomic E-state index is 10.5. The molecule has 0 amide bonds. The molecule has 1 N–H and O–H groups in total. The second-order valence-corrected chi connectivity index (χ2v) is 10.6. The second-order valence-electron chi connectivity index (χ2n) is 10.6. The van der Waals surface area contributed by atoms with Crippen molar-refractivity contribution < 1.29 is 14.6 Å². The van der Waals surface area contributed by atoms with Crippen molar-refractivity contribution in [1.82, 2.24) is 14.9 Å². The predicted molar refractivity (Wildman–Crippen MR) is 152 cm³/mol. The summed E-state index contributed by atoms with van der Waals surface area (Å²) in [7, 11) is 1.72. The Bertz CT molecular complexity index is 1130. The van der Waals surface area contributed by atoms with Gasteiger partial charge in [-0.05, 0) is 18.4 Å². The average Bonchev–Trinajstić information content (AvgIpc) is 2.91. The Hall–Kier alpha value is -2.84. The molecule has 0 saturated carbocycles. The lowest BCUT2D eigenvalue weighted by molar-refractivity contribution is 0.00745. The SMILES string of the molecule is COCc1nc(-c2ccccc2)nc(N2CCN(C[C@H](O)COCC(C)C)CC2)c1Cc1ccc(C)cc1. The van der Waals surface area contributed by atoms with Crippen LogP contribution < -0.4 is 4.90 Å². The number of β-amino-alcohol motifs (C(OH)–C–C–N with tert-alkyl or cyclic N) is 1. The lowest BCUT2D eigenvalue weighted by Gasteiger charge is -2.37. The molecule has 0 bridgehead atoms. The second kappa shape index (κ2) is 13.8. The van der Waals surface area contributed by atoms with Crippen LogP contribution in [0.5, 0.6) is 0 Å². The van der Waals surface area contributed by atoms with Gasteiger partial charge in [0, 0.05) is 64.0 Å². The van der Waals surface area contributed by atoms with Crippen LogP contribution in [0, 0.1) is 12.8 Å². The van der Waals surface area contributed by atoms with Crippen molar-refractivity contribution in [2.24, 2.45) is 5.92 Å². The number of anilines is 1. The maximum absolute atomic E-state index is 10.5. The molecule has 1 fully saturated rings. The summed E-state index contributed by atoms with van der Waals surface area (Å²) < 4.78 is 11.3. The van der Waals surface area contributed by atoms with Gasteiger partial charge in [0.15, 0.2) is 5.82 Å². The fraction of sp³-hybridized carbons (Fsp3) is 0.484. The fourth-order valence-electron chi connectivity index (χ4n) is 4.78. The predicted octanol–water partition coefficient (Wildman–Crippen LogP) is 4.34. The van der Waals surface area contributed by atoms with Gasteiger partial charge in [-0.2, -0.15) is 0 Å². The first kappa shape index (κ1) is 28.2. The Labute approximate surface area is 227 Å². The van der Waals surface area contributed by atoms with E-state index in [1.165, 1.54) is 11.1 Å². The first-order valence-electron chi connectivity index (χ1n) is 13.7. The number of hydrogen-bond acceptors (Lipinski definition) is 7. The molecule has 1 atom stereocenters. The highest BCUT2D eigenvalue weighted by Gasteiger charge is 2.25. The van der Waals surface area contributed by atoms with Gasteiger partial charge in [0.1, 0.15) is 5.82 Å². The molecule has 4 rings (SSSR count). The van der Waals surface area contributed by atoms with Crippen LogP contribution in [0.25, 0.3) is 11.4 Å². The van der Waals surface area contributed by atoms with Crippen molar-refractivity contribution in [3.8, 4) is 11.4 Å². The highest BCUT2D eigenvalue weighted by Crippen LogP contribution is 2.29. The van der Waals surface area contributed by atoms with Gasteiger partial charge in [-0.1, -0.05) is 74.0 Å². The molecule has 1 saturated heterocycles. The third-order valence-electron chi connectivity index (χ3n) is 6.79. The van der Waals surface area contributed by atoms with E-state index < -0.39 is 6.10 Å². The Balaban J connectivity index is 1.57. The number of aliphatic hydroxyl groups is 1.